The summed E-state index contributed by atoms with van der Waals surface area (Å²) < 4.78 is 5.16. The van der Waals surface area contributed by atoms with Gasteiger partial charge in [0.1, 0.15) is 11.5 Å². The highest BCUT2D eigenvalue weighted by atomic mass is 31.1. The lowest BCUT2D eigenvalue weighted by molar-refractivity contribution is 0.407. The summed E-state index contributed by atoms with van der Waals surface area (Å²) in [5, 5.41) is 14.0. The molecule has 0 saturated carbocycles. The van der Waals surface area contributed by atoms with E-state index in [-0.39, 0.29) is 5.75 Å². The Hall–Kier alpha value is -3.42. The summed E-state index contributed by atoms with van der Waals surface area (Å²) in [5.41, 5.74) is 1.54. The largest absolute Gasteiger partial charge is 0.507 e. The maximum atomic E-state index is 10.3. The minimum atomic E-state index is -0.759. The van der Waals surface area contributed by atoms with Crippen molar-refractivity contribution in [3.05, 3.63) is 109 Å². The van der Waals surface area contributed by atoms with Gasteiger partial charge in [-0.2, -0.15) is 0 Å². The molecule has 4 rings (SSSR count). The standard InChI is InChI=1S/C26H22NO2P/c1-29-21-17-16-20(25(28)18-21)19-27-24-14-8-9-15-26(24)30(22-10-4-2-5-11-22)23-12-6-3-7-13-23/h2-19,28H,1H3. The number of hydrogen-bond donors (Lipinski definition) is 1. The Balaban J connectivity index is 1.77. The van der Waals surface area contributed by atoms with Crippen LogP contribution in [0.15, 0.2) is 108 Å². The van der Waals surface area contributed by atoms with Crippen LogP contribution in [-0.2, 0) is 0 Å². The molecule has 0 aliphatic rings. The van der Waals surface area contributed by atoms with Crippen molar-refractivity contribution in [1.82, 2.24) is 0 Å². The topological polar surface area (TPSA) is 41.8 Å². The number of phenols is 1. The van der Waals surface area contributed by atoms with Crippen LogP contribution in [0.25, 0.3) is 0 Å². The van der Waals surface area contributed by atoms with E-state index < -0.39 is 7.92 Å². The van der Waals surface area contributed by atoms with E-state index in [1.807, 2.05) is 30.3 Å². The summed E-state index contributed by atoms with van der Waals surface area (Å²) in [7, 11) is 0.819. The molecular weight excluding hydrogens is 389 g/mol. The molecular formula is C26H22NO2P. The summed E-state index contributed by atoms with van der Waals surface area (Å²) in [4.78, 5) is 4.76. The maximum absolute atomic E-state index is 10.3. The lowest BCUT2D eigenvalue weighted by Crippen LogP contribution is -2.20. The Morgan fingerprint density at radius 1 is 0.767 bits per heavy atom. The van der Waals surface area contributed by atoms with E-state index in [0.29, 0.717) is 11.3 Å². The van der Waals surface area contributed by atoms with Gasteiger partial charge in [-0.15, -0.1) is 0 Å². The van der Waals surface area contributed by atoms with Gasteiger partial charge in [0, 0.05) is 23.1 Å². The number of hydrogen-bond acceptors (Lipinski definition) is 3. The SMILES string of the molecule is COc1ccc(C=Nc2ccccc2P(c2ccccc2)c2ccccc2)c(O)c1. The van der Waals surface area contributed by atoms with Crippen molar-refractivity contribution in [3.63, 3.8) is 0 Å². The summed E-state index contributed by atoms with van der Waals surface area (Å²) in [5.74, 6) is 0.755. The highest BCUT2D eigenvalue weighted by Crippen LogP contribution is 2.36. The monoisotopic (exact) mass is 411 g/mol. The predicted octanol–water partition coefficient (Wildman–Crippen LogP) is 4.91. The smallest absolute Gasteiger partial charge is 0.128 e. The summed E-state index contributed by atoms with van der Waals surface area (Å²) >= 11 is 0. The van der Waals surface area contributed by atoms with E-state index in [0.717, 1.165) is 5.69 Å². The third kappa shape index (κ3) is 4.42. The van der Waals surface area contributed by atoms with Crippen LogP contribution < -0.4 is 20.7 Å². The van der Waals surface area contributed by atoms with Gasteiger partial charge >= 0.3 is 0 Å². The normalized spacial score (nSPS) is 11.1. The van der Waals surface area contributed by atoms with Gasteiger partial charge in [0.05, 0.1) is 12.8 Å². The number of ether oxygens (including phenoxy) is 1. The molecule has 0 atom stereocenters. The third-order valence-corrected chi connectivity index (χ3v) is 7.22. The average molecular weight is 411 g/mol. The highest BCUT2D eigenvalue weighted by Gasteiger charge is 2.18. The number of phenolic OH excluding ortho intramolecular Hbond substituents is 1. The van der Waals surface area contributed by atoms with Crippen LogP contribution >= 0.6 is 7.92 Å². The van der Waals surface area contributed by atoms with E-state index in [1.165, 1.54) is 15.9 Å². The van der Waals surface area contributed by atoms with E-state index >= 15 is 0 Å². The van der Waals surface area contributed by atoms with Gasteiger partial charge in [-0.05, 0) is 36.7 Å². The molecule has 1 N–H and O–H groups in total. The van der Waals surface area contributed by atoms with Crippen LogP contribution in [0.5, 0.6) is 11.5 Å². The average Bonchev–Trinajstić information content (AvgIpc) is 2.80. The molecule has 148 valence electrons. The van der Waals surface area contributed by atoms with Crippen LogP contribution in [0.2, 0.25) is 0 Å². The molecule has 0 aliphatic carbocycles. The quantitative estimate of drug-likeness (QED) is 0.362. The van der Waals surface area contributed by atoms with E-state index in [4.69, 9.17) is 9.73 Å². The van der Waals surface area contributed by atoms with E-state index in [2.05, 4.69) is 60.7 Å². The summed E-state index contributed by atoms with van der Waals surface area (Å²) in [6.45, 7) is 0. The molecule has 4 aromatic rings. The van der Waals surface area contributed by atoms with Crippen molar-refractivity contribution < 1.29 is 9.84 Å². The molecule has 0 aromatic heterocycles. The molecule has 30 heavy (non-hydrogen) atoms. The molecule has 4 aromatic carbocycles. The Bertz CT molecular complexity index is 1100. The number of benzene rings is 4. The second-order valence-corrected chi connectivity index (χ2v) is 8.86. The molecule has 0 saturated heterocycles. The Labute approximate surface area is 178 Å². The van der Waals surface area contributed by atoms with Crippen LogP contribution in [0.4, 0.5) is 5.69 Å². The fourth-order valence-electron chi connectivity index (χ4n) is 3.24. The first-order chi connectivity index (χ1) is 14.8. The van der Waals surface area contributed by atoms with Crippen LogP contribution in [0, 0.1) is 0 Å². The molecule has 0 aliphatic heterocycles. The number of para-hydroxylation sites is 1. The molecule has 4 heteroatoms. The van der Waals surface area contributed by atoms with Gasteiger partial charge < -0.3 is 9.84 Å². The summed E-state index contributed by atoms with van der Waals surface area (Å²) in [6.07, 6.45) is 1.71. The second-order valence-electron chi connectivity index (χ2n) is 6.68. The molecule has 0 spiro atoms. The lowest BCUT2D eigenvalue weighted by atomic mass is 10.2. The Morgan fingerprint density at radius 3 is 1.97 bits per heavy atom. The molecule has 0 amide bonds. The summed E-state index contributed by atoms with van der Waals surface area (Å²) in [6, 6.07) is 34.5. The molecule has 0 unspecified atom stereocenters. The zero-order chi connectivity index (χ0) is 20.8. The maximum Gasteiger partial charge on any atom is 0.128 e. The lowest BCUT2D eigenvalue weighted by Gasteiger charge is -2.20. The number of rotatable bonds is 6. The van der Waals surface area contributed by atoms with E-state index in [1.54, 1.807) is 25.5 Å². The fourth-order valence-corrected chi connectivity index (χ4v) is 5.63. The first kappa shape index (κ1) is 19.9. The van der Waals surface area contributed by atoms with Crippen molar-refractivity contribution in [3.8, 4) is 11.5 Å². The number of aromatic hydroxyl groups is 1. The first-order valence-electron chi connectivity index (χ1n) is 9.66. The van der Waals surface area contributed by atoms with E-state index in [9.17, 15) is 5.11 Å². The Kier molecular flexibility index (Phi) is 6.22. The zero-order valence-corrected chi connectivity index (χ0v) is 17.5. The second kappa shape index (κ2) is 9.39. The number of methoxy groups -OCH3 is 1. The van der Waals surface area contributed by atoms with Gasteiger partial charge in [0.2, 0.25) is 0 Å². The van der Waals surface area contributed by atoms with Gasteiger partial charge in [-0.3, -0.25) is 4.99 Å². The molecule has 0 fully saturated rings. The first-order valence-corrected chi connectivity index (χ1v) is 11.0. The zero-order valence-electron chi connectivity index (χ0n) is 16.6. The van der Waals surface area contributed by atoms with Gasteiger partial charge in [0.15, 0.2) is 0 Å². The van der Waals surface area contributed by atoms with Crippen molar-refractivity contribution in [2.75, 3.05) is 7.11 Å². The van der Waals surface area contributed by atoms with Gasteiger partial charge in [0.25, 0.3) is 0 Å². The molecule has 0 heterocycles. The third-order valence-electron chi connectivity index (χ3n) is 4.73. The van der Waals surface area contributed by atoms with Crippen LogP contribution in [0.1, 0.15) is 5.56 Å². The minimum absolute atomic E-state index is 0.143. The van der Waals surface area contributed by atoms with Crippen molar-refractivity contribution >= 4 is 35.7 Å². The van der Waals surface area contributed by atoms with Crippen LogP contribution in [-0.4, -0.2) is 18.4 Å². The minimum Gasteiger partial charge on any atom is -0.507 e. The molecule has 3 nitrogen and oxygen atoms in total. The van der Waals surface area contributed by atoms with Crippen molar-refractivity contribution in [2.45, 2.75) is 0 Å². The van der Waals surface area contributed by atoms with Crippen LogP contribution in [0.3, 0.4) is 0 Å². The van der Waals surface area contributed by atoms with Gasteiger partial charge in [-0.25, -0.2) is 0 Å². The predicted molar refractivity (Wildman–Crippen MR) is 127 cm³/mol. The van der Waals surface area contributed by atoms with Crippen molar-refractivity contribution in [2.24, 2.45) is 4.99 Å². The fraction of sp³-hybridized carbons (Fsp3) is 0.0385. The highest BCUT2D eigenvalue weighted by molar-refractivity contribution is 7.80. The number of nitrogens with zero attached hydrogens (tertiary/aromatic N) is 1. The Morgan fingerprint density at radius 2 is 1.37 bits per heavy atom. The molecule has 0 bridgehead atoms. The number of aliphatic imine (C=N–C) groups is 1. The van der Waals surface area contributed by atoms with Gasteiger partial charge in [-0.1, -0.05) is 78.9 Å². The molecule has 0 radical (unpaired) electrons. The van der Waals surface area contributed by atoms with Crippen molar-refractivity contribution in [1.29, 1.82) is 0 Å².